The molecule has 5 heteroatoms. The Kier molecular flexibility index (Phi) is 2.43. The quantitative estimate of drug-likeness (QED) is 0.728. The molecule has 0 aliphatic rings. The number of fused-ring (bicyclic) bond motifs is 1. The molecule has 2 aromatic heterocycles. The van der Waals surface area contributed by atoms with Crippen LogP contribution in [0.25, 0.3) is 5.65 Å². The normalized spacial score (nSPS) is 13.3. The monoisotopic (exact) mass is 192 g/mol. The smallest absolute Gasteiger partial charge is 0.155 e. The molecule has 2 N–H and O–H groups in total. The number of hydrogen-bond acceptors (Lipinski definition) is 4. The maximum atomic E-state index is 5.01. The van der Waals surface area contributed by atoms with Gasteiger partial charge in [0, 0.05) is 24.4 Å². The average Bonchev–Trinajstić information content (AvgIpc) is 2.61. The summed E-state index contributed by atoms with van der Waals surface area (Å²) in [5.41, 5.74) is 1.78. The molecule has 0 bridgehead atoms. The summed E-state index contributed by atoms with van der Waals surface area (Å²) in [6.07, 6.45) is 3.60. The summed E-state index contributed by atoms with van der Waals surface area (Å²) >= 11 is 0. The van der Waals surface area contributed by atoms with E-state index in [1.54, 1.807) is 10.7 Å². The lowest BCUT2D eigenvalue weighted by atomic mass is 10.1. The molecule has 0 spiro atoms. The molecule has 14 heavy (non-hydrogen) atoms. The molecule has 0 saturated heterocycles. The minimum atomic E-state index is 0.182. The SMILES string of the molecule is CC(CON)c1cc2ncccn2n1. The molecule has 1 atom stereocenters. The van der Waals surface area contributed by atoms with E-state index >= 15 is 0 Å². The van der Waals surface area contributed by atoms with Gasteiger partial charge in [0.1, 0.15) is 0 Å². The van der Waals surface area contributed by atoms with Crippen LogP contribution in [0.15, 0.2) is 24.5 Å². The zero-order chi connectivity index (χ0) is 9.97. The first-order valence-corrected chi connectivity index (χ1v) is 4.43. The Morgan fingerprint density at radius 2 is 2.50 bits per heavy atom. The van der Waals surface area contributed by atoms with Gasteiger partial charge >= 0.3 is 0 Å². The second-order valence-corrected chi connectivity index (χ2v) is 3.23. The van der Waals surface area contributed by atoms with Gasteiger partial charge in [0.25, 0.3) is 0 Å². The van der Waals surface area contributed by atoms with Crippen molar-refractivity contribution in [2.75, 3.05) is 6.61 Å². The molecule has 5 nitrogen and oxygen atoms in total. The summed E-state index contributed by atoms with van der Waals surface area (Å²) in [4.78, 5) is 8.76. The van der Waals surface area contributed by atoms with E-state index in [9.17, 15) is 0 Å². The molecule has 1 unspecified atom stereocenters. The highest BCUT2D eigenvalue weighted by Crippen LogP contribution is 2.14. The van der Waals surface area contributed by atoms with Gasteiger partial charge in [0.15, 0.2) is 5.65 Å². The van der Waals surface area contributed by atoms with Crippen LogP contribution in [-0.2, 0) is 4.84 Å². The Morgan fingerprint density at radius 3 is 3.21 bits per heavy atom. The average molecular weight is 192 g/mol. The molecule has 0 saturated carbocycles. The van der Waals surface area contributed by atoms with Gasteiger partial charge in [-0.05, 0) is 6.07 Å². The van der Waals surface area contributed by atoms with Gasteiger partial charge in [-0.3, -0.25) is 0 Å². The molecular weight excluding hydrogens is 180 g/mol. The first-order valence-electron chi connectivity index (χ1n) is 4.43. The third kappa shape index (κ3) is 1.59. The summed E-state index contributed by atoms with van der Waals surface area (Å²) in [6, 6.07) is 3.78. The second kappa shape index (κ2) is 3.73. The van der Waals surface area contributed by atoms with Crippen LogP contribution in [0, 0.1) is 0 Å². The predicted octanol–water partition coefficient (Wildman–Crippen LogP) is 0.723. The highest BCUT2D eigenvalue weighted by molar-refractivity contribution is 5.39. The largest absolute Gasteiger partial charge is 0.304 e. The van der Waals surface area contributed by atoms with E-state index in [4.69, 9.17) is 5.90 Å². The molecule has 74 valence electrons. The molecule has 0 fully saturated rings. The van der Waals surface area contributed by atoms with Crippen LogP contribution in [0.5, 0.6) is 0 Å². The van der Waals surface area contributed by atoms with E-state index in [1.807, 2.05) is 25.3 Å². The Hall–Kier alpha value is -1.46. The fourth-order valence-electron chi connectivity index (χ4n) is 1.32. The van der Waals surface area contributed by atoms with Gasteiger partial charge in [-0.1, -0.05) is 6.92 Å². The van der Waals surface area contributed by atoms with Gasteiger partial charge < -0.3 is 4.84 Å². The van der Waals surface area contributed by atoms with Crippen LogP contribution in [-0.4, -0.2) is 21.2 Å². The fourth-order valence-corrected chi connectivity index (χ4v) is 1.32. The summed E-state index contributed by atoms with van der Waals surface area (Å²) in [7, 11) is 0. The summed E-state index contributed by atoms with van der Waals surface area (Å²) in [5.74, 6) is 5.19. The molecule has 2 rings (SSSR count). The topological polar surface area (TPSA) is 65.4 Å². The zero-order valence-electron chi connectivity index (χ0n) is 7.92. The van der Waals surface area contributed by atoms with Gasteiger partial charge in [0.05, 0.1) is 12.3 Å². The molecule has 0 aliphatic heterocycles. The van der Waals surface area contributed by atoms with Crippen LogP contribution in [0.3, 0.4) is 0 Å². The van der Waals surface area contributed by atoms with Gasteiger partial charge in [-0.15, -0.1) is 0 Å². The minimum Gasteiger partial charge on any atom is -0.304 e. The molecule has 2 aromatic rings. The maximum Gasteiger partial charge on any atom is 0.155 e. The molecule has 0 aliphatic carbocycles. The van der Waals surface area contributed by atoms with E-state index in [-0.39, 0.29) is 5.92 Å². The fraction of sp³-hybridized carbons (Fsp3) is 0.333. The van der Waals surface area contributed by atoms with Crippen molar-refractivity contribution in [3.05, 3.63) is 30.2 Å². The van der Waals surface area contributed by atoms with Crippen molar-refractivity contribution in [1.82, 2.24) is 14.6 Å². The van der Waals surface area contributed by atoms with Crippen LogP contribution in [0.4, 0.5) is 0 Å². The van der Waals surface area contributed by atoms with Gasteiger partial charge in [-0.2, -0.15) is 5.10 Å². The predicted molar refractivity (Wildman–Crippen MR) is 51.5 cm³/mol. The van der Waals surface area contributed by atoms with Crippen LogP contribution in [0.1, 0.15) is 18.5 Å². The van der Waals surface area contributed by atoms with E-state index in [1.165, 1.54) is 0 Å². The standard InChI is InChI=1S/C9H12N4O/c1-7(6-14-10)8-5-9-11-3-2-4-13(9)12-8/h2-5,7H,6,10H2,1H3. The third-order valence-corrected chi connectivity index (χ3v) is 2.11. The van der Waals surface area contributed by atoms with Crippen molar-refractivity contribution in [2.45, 2.75) is 12.8 Å². The number of nitrogens with zero attached hydrogens (tertiary/aromatic N) is 3. The van der Waals surface area contributed by atoms with Crippen molar-refractivity contribution in [3.63, 3.8) is 0 Å². The number of hydrogen-bond donors (Lipinski definition) is 1. The Labute approximate surface area is 81.5 Å². The third-order valence-electron chi connectivity index (χ3n) is 2.11. The Morgan fingerprint density at radius 1 is 1.64 bits per heavy atom. The lowest BCUT2D eigenvalue weighted by Gasteiger charge is -2.04. The van der Waals surface area contributed by atoms with E-state index in [0.717, 1.165) is 11.3 Å². The van der Waals surface area contributed by atoms with Crippen molar-refractivity contribution in [1.29, 1.82) is 0 Å². The van der Waals surface area contributed by atoms with Crippen molar-refractivity contribution in [3.8, 4) is 0 Å². The second-order valence-electron chi connectivity index (χ2n) is 3.23. The highest BCUT2D eigenvalue weighted by Gasteiger charge is 2.10. The van der Waals surface area contributed by atoms with E-state index < -0.39 is 0 Å². The van der Waals surface area contributed by atoms with Crippen molar-refractivity contribution < 1.29 is 4.84 Å². The first-order chi connectivity index (χ1) is 6.81. The number of aromatic nitrogens is 3. The van der Waals surface area contributed by atoms with E-state index in [2.05, 4.69) is 14.9 Å². The number of nitrogens with two attached hydrogens (primary N) is 1. The van der Waals surface area contributed by atoms with Crippen molar-refractivity contribution in [2.24, 2.45) is 5.90 Å². The highest BCUT2D eigenvalue weighted by atomic mass is 16.6. The molecule has 0 aromatic carbocycles. The maximum absolute atomic E-state index is 5.01. The summed E-state index contributed by atoms with van der Waals surface area (Å²) < 4.78 is 1.74. The molecular formula is C9H12N4O. The van der Waals surface area contributed by atoms with Gasteiger partial charge in [0.2, 0.25) is 0 Å². The summed E-state index contributed by atoms with van der Waals surface area (Å²) in [6.45, 7) is 2.47. The lowest BCUT2D eigenvalue weighted by molar-refractivity contribution is 0.125. The Balaban J connectivity index is 2.35. The molecule has 0 amide bonds. The number of rotatable bonds is 3. The molecule has 2 heterocycles. The molecule has 0 radical (unpaired) electrons. The van der Waals surface area contributed by atoms with Gasteiger partial charge in [-0.25, -0.2) is 15.4 Å². The first kappa shape index (κ1) is 9.11. The van der Waals surface area contributed by atoms with Crippen LogP contribution >= 0.6 is 0 Å². The van der Waals surface area contributed by atoms with Crippen molar-refractivity contribution >= 4 is 5.65 Å². The summed E-state index contributed by atoms with van der Waals surface area (Å²) in [5, 5.41) is 4.35. The van der Waals surface area contributed by atoms with Crippen LogP contribution in [0.2, 0.25) is 0 Å². The van der Waals surface area contributed by atoms with Crippen LogP contribution < -0.4 is 5.90 Å². The Bertz CT molecular complexity index is 392. The zero-order valence-corrected chi connectivity index (χ0v) is 7.92. The minimum absolute atomic E-state index is 0.182. The van der Waals surface area contributed by atoms with E-state index in [0.29, 0.717) is 6.61 Å². The lowest BCUT2D eigenvalue weighted by Crippen LogP contribution is -2.08.